The van der Waals surface area contributed by atoms with Crippen LogP contribution in [0, 0.1) is 27.7 Å². The van der Waals surface area contributed by atoms with Crippen molar-refractivity contribution >= 4 is 34.1 Å². The molecule has 0 fully saturated rings. The monoisotopic (exact) mass is 468 g/mol. The van der Waals surface area contributed by atoms with E-state index in [1.807, 2.05) is 0 Å². The van der Waals surface area contributed by atoms with Gasteiger partial charge in [-0.1, -0.05) is 72.8 Å². The first kappa shape index (κ1) is 23.4. The van der Waals surface area contributed by atoms with Crippen molar-refractivity contribution in [2.24, 2.45) is 0 Å². The molecule has 178 valence electrons. The molecule has 0 aliphatic carbocycles. The highest BCUT2D eigenvalue weighted by molar-refractivity contribution is 5.89. The van der Waals surface area contributed by atoms with Crippen LogP contribution >= 0.6 is 0 Å². The molecule has 0 saturated carbocycles. The molecule has 5 rings (SSSR count). The fourth-order valence-electron chi connectivity index (χ4n) is 5.07. The molecule has 0 radical (unpaired) electrons. The zero-order valence-corrected chi connectivity index (χ0v) is 21.4. The number of anilines is 6. The second kappa shape index (κ2) is 10.1. The summed E-state index contributed by atoms with van der Waals surface area (Å²) in [5.41, 5.74) is 12.2. The minimum Gasteiger partial charge on any atom is -0.310 e. The van der Waals surface area contributed by atoms with Crippen LogP contribution in [0.15, 0.2) is 121 Å². The summed E-state index contributed by atoms with van der Waals surface area (Å²) in [5.74, 6) is 0. The molecule has 0 unspecified atom stereocenters. The lowest BCUT2D eigenvalue weighted by Gasteiger charge is -2.35. The Morgan fingerprint density at radius 3 is 0.694 bits per heavy atom. The Hall–Kier alpha value is -4.30. The summed E-state index contributed by atoms with van der Waals surface area (Å²) < 4.78 is 0. The van der Waals surface area contributed by atoms with Crippen molar-refractivity contribution in [3.8, 4) is 0 Å². The number of para-hydroxylation sites is 4. The maximum atomic E-state index is 2.39. The molecular weight excluding hydrogens is 436 g/mol. The molecule has 5 aromatic rings. The Balaban J connectivity index is 1.77. The third-order valence-electron chi connectivity index (χ3n) is 7.05. The zero-order chi connectivity index (χ0) is 25.1. The van der Waals surface area contributed by atoms with E-state index in [4.69, 9.17) is 0 Å². The lowest BCUT2D eigenvalue weighted by molar-refractivity contribution is 1.13. The van der Waals surface area contributed by atoms with Crippen LogP contribution in [0.1, 0.15) is 22.3 Å². The topological polar surface area (TPSA) is 6.48 Å². The first-order chi connectivity index (χ1) is 17.6. The summed E-state index contributed by atoms with van der Waals surface area (Å²) in [6.07, 6.45) is 0. The van der Waals surface area contributed by atoms with E-state index in [2.05, 4.69) is 159 Å². The van der Waals surface area contributed by atoms with Crippen molar-refractivity contribution in [2.75, 3.05) is 9.80 Å². The standard InChI is InChI=1S/C34H32N2/c1-25-26(2)34(36(31-21-13-7-14-22-31)32-23-15-8-16-24-32)28(4)27(3)33(25)35(29-17-9-5-10-18-29)30-19-11-6-12-20-30/h5-24H,1-4H3. The summed E-state index contributed by atoms with van der Waals surface area (Å²) in [6, 6.07) is 42.6. The van der Waals surface area contributed by atoms with Gasteiger partial charge < -0.3 is 9.80 Å². The SMILES string of the molecule is Cc1c(C)c(N(c2ccccc2)c2ccccc2)c(C)c(C)c1N(c1ccccc1)c1ccccc1. The average molecular weight is 469 g/mol. The first-order valence-electron chi connectivity index (χ1n) is 12.5. The Labute approximate surface area is 215 Å². The number of benzene rings is 5. The van der Waals surface area contributed by atoms with Gasteiger partial charge in [0.25, 0.3) is 0 Å². The number of nitrogens with zero attached hydrogens (tertiary/aromatic N) is 2. The predicted octanol–water partition coefficient (Wildman–Crippen LogP) is 9.86. The molecular formula is C34H32N2. The molecule has 0 aliphatic rings. The van der Waals surface area contributed by atoms with Gasteiger partial charge in [-0.25, -0.2) is 0 Å². The molecule has 36 heavy (non-hydrogen) atoms. The molecule has 0 atom stereocenters. The van der Waals surface area contributed by atoms with Crippen molar-refractivity contribution in [3.05, 3.63) is 144 Å². The number of hydrogen-bond donors (Lipinski definition) is 0. The summed E-state index contributed by atoms with van der Waals surface area (Å²) in [7, 11) is 0. The van der Waals surface area contributed by atoms with E-state index in [9.17, 15) is 0 Å². The summed E-state index contributed by atoms with van der Waals surface area (Å²) >= 11 is 0. The maximum absolute atomic E-state index is 2.39. The second-order valence-corrected chi connectivity index (χ2v) is 9.21. The van der Waals surface area contributed by atoms with Gasteiger partial charge in [0.15, 0.2) is 0 Å². The molecule has 0 spiro atoms. The molecule has 0 N–H and O–H groups in total. The van der Waals surface area contributed by atoms with Gasteiger partial charge in [-0.05, 0) is 98.5 Å². The molecule has 5 aromatic carbocycles. The maximum Gasteiger partial charge on any atom is 0.0526 e. The van der Waals surface area contributed by atoms with Gasteiger partial charge in [-0.2, -0.15) is 0 Å². The van der Waals surface area contributed by atoms with Gasteiger partial charge in [0, 0.05) is 22.7 Å². The van der Waals surface area contributed by atoms with E-state index >= 15 is 0 Å². The Kier molecular flexibility index (Phi) is 6.60. The van der Waals surface area contributed by atoms with E-state index in [0.717, 1.165) is 22.7 Å². The van der Waals surface area contributed by atoms with Crippen molar-refractivity contribution in [1.29, 1.82) is 0 Å². The van der Waals surface area contributed by atoms with Crippen LogP contribution in [0.25, 0.3) is 0 Å². The van der Waals surface area contributed by atoms with Gasteiger partial charge in [-0.3, -0.25) is 0 Å². The van der Waals surface area contributed by atoms with Gasteiger partial charge in [0.05, 0.1) is 11.4 Å². The van der Waals surface area contributed by atoms with Crippen molar-refractivity contribution in [3.63, 3.8) is 0 Å². The molecule has 0 bridgehead atoms. The number of hydrogen-bond acceptors (Lipinski definition) is 2. The fraction of sp³-hybridized carbons (Fsp3) is 0.118. The van der Waals surface area contributed by atoms with Gasteiger partial charge in [-0.15, -0.1) is 0 Å². The highest BCUT2D eigenvalue weighted by Gasteiger charge is 2.25. The average Bonchev–Trinajstić information content (AvgIpc) is 2.94. The van der Waals surface area contributed by atoms with Gasteiger partial charge in [0.2, 0.25) is 0 Å². The molecule has 0 saturated heterocycles. The van der Waals surface area contributed by atoms with Crippen LogP contribution in [-0.4, -0.2) is 0 Å². The first-order valence-corrected chi connectivity index (χ1v) is 12.5. The van der Waals surface area contributed by atoms with E-state index in [0.29, 0.717) is 0 Å². The molecule has 0 aliphatic heterocycles. The Morgan fingerprint density at radius 1 is 0.306 bits per heavy atom. The van der Waals surface area contributed by atoms with E-state index in [1.165, 1.54) is 33.6 Å². The third kappa shape index (κ3) is 4.27. The van der Waals surface area contributed by atoms with E-state index in [-0.39, 0.29) is 0 Å². The third-order valence-corrected chi connectivity index (χ3v) is 7.05. The molecule has 0 amide bonds. The van der Waals surface area contributed by atoms with Crippen LogP contribution < -0.4 is 9.80 Å². The lowest BCUT2D eigenvalue weighted by atomic mass is 9.93. The highest BCUT2D eigenvalue weighted by atomic mass is 15.2. The predicted molar refractivity (Wildman–Crippen MR) is 155 cm³/mol. The smallest absolute Gasteiger partial charge is 0.0526 e. The molecule has 0 aromatic heterocycles. The molecule has 2 nitrogen and oxygen atoms in total. The highest BCUT2D eigenvalue weighted by Crippen LogP contribution is 2.47. The van der Waals surface area contributed by atoms with Crippen molar-refractivity contribution < 1.29 is 0 Å². The summed E-state index contributed by atoms with van der Waals surface area (Å²) in [5, 5.41) is 0. The minimum atomic E-state index is 1.16. The van der Waals surface area contributed by atoms with Crippen LogP contribution in [0.4, 0.5) is 34.1 Å². The van der Waals surface area contributed by atoms with Crippen LogP contribution in [0.2, 0.25) is 0 Å². The quantitative estimate of drug-likeness (QED) is 0.245. The summed E-state index contributed by atoms with van der Waals surface area (Å²) in [4.78, 5) is 4.79. The van der Waals surface area contributed by atoms with Crippen LogP contribution in [0.5, 0.6) is 0 Å². The molecule has 2 heteroatoms. The van der Waals surface area contributed by atoms with E-state index in [1.54, 1.807) is 0 Å². The Bertz CT molecular complexity index is 1220. The zero-order valence-electron chi connectivity index (χ0n) is 21.4. The second-order valence-electron chi connectivity index (χ2n) is 9.21. The lowest BCUT2D eigenvalue weighted by Crippen LogP contribution is -2.18. The largest absolute Gasteiger partial charge is 0.310 e. The van der Waals surface area contributed by atoms with Gasteiger partial charge >= 0.3 is 0 Å². The van der Waals surface area contributed by atoms with Gasteiger partial charge in [0.1, 0.15) is 0 Å². The fourth-order valence-corrected chi connectivity index (χ4v) is 5.07. The normalized spacial score (nSPS) is 10.8. The minimum absolute atomic E-state index is 1.16. The van der Waals surface area contributed by atoms with Crippen molar-refractivity contribution in [1.82, 2.24) is 0 Å². The molecule has 0 heterocycles. The van der Waals surface area contributed by atoms with E-state index < -0.39 is 0 Å². The summed E-state index contributed by atoms with van der Waals surface area (Å²) in [6.45, 7) is 9.03. The van der Waals surface area contributed by atoms with Crippen LogP contribution in [-0.2, 0) is 0 Å². The van der Waals surface area contributed by atoms with Crippen LogP contribution in [0.3, 0.4) is 0 Å². The van der Waals surface area contributed by atoms with Crippen molar-refractivity contribution in [2.45, 2.75) is 27.7 Å². The Morgan fingerprint density at radius 2 is 0.500 bits per heavy atom. The number of rotatable bonds is 6.